The summed E-state index contributed by atoms with van der Waals surface area (Å²) in [5.74, 6) is -0.896. The Morgan fingerprint density at radius 1 is 1.25 bits per heavy atom. The van der Waals surface area contributed by atoms with E-state index in [9.17, 15) is 26.4 Å². The van der Waals surface area contributed by atoms with Crippen molar-refractivity contribution in [3.05, 3.63) is 29.8 Å². The topological polar surface area (TPSA) is 140 Å². The summed E-state index contributed by atoms with van der Waals surface area (Å²) in [5, 5.41) is 14.1. The van der Waals surface area contributed by atoms with Crippen molar-refractivity contribution >= 4 is 22.0 Å². The first-order valence-corrected chi connectivity index (χ1v) is 9.12. The number of ether oxygens (including phenoxy) is 1. The summed E-state index contributed by atoms with van der Waals surface area (Å²) in [6, 6.07) is 3.52. The SMILES string of the molecule is CC(C)(C)OC(=O)NC(Cc1ccc(OS(=O)(=O)C(F)(F)F)cc1)/C(N)=N/O. The normalized spacial score (nSPS) is 14.3. The van der Waals surface area contributed by atoms with E-state index in [1.165, 1.54) is 12.1 Å². The number of nitrogens with zero attached hydrogens (tertiary/aromatic N) is 1. The van der Waals surface area contributed by atoms with Crippen molar-refractivity contribution in [3.63, 3.8) is 0 Å². The Bertz CT molecular complexity index is 817. The number of amidine groups is 1. The number of benzene rings is 1. The van der Waals surface area contributed by atoms with E-state index >= 15 is 0 Å². The molecule has 0 aliphatic heterocycles. The lowest BCUT2D eigenvalue weighted by molar-refractivity contribution is -0.0500. The van der Waals surface area contributed by atoms with E-state index in [-0.39, 0.29) is 12.3 Å². The van der Waals surface area contributed by atoms with Crippen LogP contribution in [0.25, 0.3) is 0 Å². The summed E-state index contributed by atoms with van der Waals surface area (Å²) in [6.45, 7) is 4.91. The molecule has 0 aromatic heterocycles. The van der Waals surface area contributed by atoms with E-state index in [1.54, 1.807) is 20.8 Å². The Kier molecular flexibility index (Phi) is 7.12. The molecule has 1 amide bonds. The van der Waals surface area contributed by atoms with Crippen molar-refractivity contribution < 1.29 is 40.5 Å². The fourth-order valence-corrected chi connectivity index (χ4v) is 2.30. The van der Waals surface area contributed by atoms with Gasteiger partial charge in [0.2, 0.25) is 0 Å². The maximum absolute atomic E-state index is 12.3. The minimum Gasteiger partial charge on any atom is -0.444 e. The van der Waals surface area contributed by atoms with E-state index in [0.29, 0.717) is 5.56 Å². The number of rotatable bonds is 6. The molecule has 13 heteroatoms. The summed E-state index contributed by atoms with van der Waals surface area (Å²) < 4.78 is 68.0. The molecular formula is C15H20F3N3O6S. The number of hydrogen-bond donors (Lipinski definition) is 3. The Labute approximate surface area is 159 Å². The first-order valence-electron chi connectivity index (χ1n) is 7.71. The number of amides is 1. The number of hydrogen-bond acceptors (Lipinski definition) is 7. The molecular weight excluding hydrogens is 407 g/mol. The minimum atomic E-state index is -5.78. The number of alkyl halides is 3. The number of carbonyl (C=O) groups is 1. The molecule has 1 aromatic carbocycles. The highest BCUT2D eigenvalue weighted by Gasteiger charge is 2.48. The highest BCUT2D eigenvalue weighted by atomic mass is 32.2. The zero-order chi connectivity index (χ0) is 21.8. The minimum absolute atomic E-state index is 0.0264. The van der Waals surface area contributed by atoms with E-state index in [1.807, 2.05) is 0 Å². The van der Waals surface area contributed by atoms with Crippen LogP contribution in [0.4, 0.5) is 18.0 Å². The summed E-state index contributed by atoms with van der Waals surface area (Å²) in [5.41, 5.74) is -0.385. The third kappa shape index (κ3) is 7.13. The standard InChI is InChI=1S/C15H20F3N3O6S/c1-14(2,3)26-13(22)20-11(12(19)21-23)8-9-4-6-10(7-5-9)27-28(24,25)15(16,17)18/h4-7,11,23H,8H2,1-3H3,(H2,19,21)(H,20,22). The van der Waals surface area contributed by atoms with Crippen molar-refractivity contribution in [1.82, 2.24) is 5.32 Å². The molecule has 4 N–H and O–H groups in total. The van der Waals surface area contributed by atoms with Gasteiger partial charge in [-0.1, -0.05) is 17.3 Å². The van der Waals surface area contributed by atoms with Gasteiger partial charge in [0.25, 0.3) is 0 Å². The summed E-state index contributed by atoms with van der Waals surface area (Å²) in [7, 11) is -5.78. The zero-order valence-electron chi connectivity index (χ0n) is 15.1. The molecule has 1 unspecified atom stereocenters. The Balaban J connectivity index is 2.89. The van der Waals surface area contributed by atoms with Crippen LogP contribution in [0.5, 0.6) is 5.75 Å². The largest absolute Gasteiger partial charge is 0.534 e. The fraction of sp³-hybridized carbons (Fsp3) is 0.467. The molecule has 0 saturated heterocycles. The third-order valence-corrected chi connectivity index (χ3v) is 3.99. The van der Waals surface area contributed by atoms with Crippen molar-refractivity contribution in [3.8, 4) is 5.75 Å². The average molecular weight is 427 g/mol. The van der Waals surface area contributed by atoms with Gasteiger partial charge in [0.1, 0.15) is 11.4 Å². The summed E-state index contributed by atoms with van der Waals surface area (Å²) in [6.07, 6.45) is -0.859. The molecule has 1 rings (SSSR count). The molecule has 0 fully saturated rings. The second-order valence-electron chi connectivity index (χ2n) is 6.55. The molecule has 1 aromatic rings. The van der Waals surface area contributed by atoms with Crippen LogP contribution in [0.2, 0.25) is 0 Å². The fourth-order valence-electron chi connectivity index (χ4n) is 1.84. The van der Waals surface area contributed by atoms with Crippen molar-refractivity contribution in [2.45, 2.75) is 44.3 Å². The van der Waals surface area contributed by atoms with Crippen molar-refractivity contribution in [2.75, 3.05) is 0 Å². The monoisotopic (exact) mass is 427 g/mol. The molecule has 9 nitrogen and oxygen atoms in total. The molecule has 0 heterocycles. The molecule has 0 radical (unpaired) electrons. The second-order valence-corrected chi connectivity index (χ2v) is 8.09. The van der Waals surface area contributed by atoms with Crippen LogP contribution in [0.15, 0.2) is 29.4 Å². The van der Waals surface area contributed by atoms with Crippen LogP contribution in [0, 0.1) is 0 Å². The predicted octanol–water partition coefficient (Wildman–Crippen LogP) is 2.10. The van der Waals surface area contributed by atoms with Crippen molar-refractivity contribution in [2.24, 2.45) is 10.9 Å². The molecule has 158 valence electrons. The molecule has 0 bridgehead atoms. The van der Waals surface area contributed by atoms with Gasteiger partial charge in [-0.15, -0.1) is 0 Å². The third-order valence-electron chi connectivity index (χ3n) is 3.02. The Hall–Kier alpha value is -2.70. The Morgan fingerprint density at radius 2 is 1.79 bits per heavy atom. The maximum Gasteiger partial charge on any atom is 0.534 e. The molecule has 28 heavy (non-hydrogen) atoms. The van der Waals surface area contributed by atoms with E-state index in [0.717, 1.165) is 12.1 Å². The first-order chi connectivity index (χ1) is 12.6. The molecule has 0 spiro atoms. The van der Waals surface area contributed by atoms with E-state index in [2.05, 4.69) is 14.7 Å². The summed E-state index contributed by atoms with van der Waals surface area (Å²) >= 11 is 0. The van der Waals surface area contributed by atoms with Crippen LogP contribution in [-0.4, -0.2) is 42.7 Å². The number of carbonyl (C=O) groups excluding carboxylic acids is 1. The van der Waals surface area contributed by atoms with Gasteiger partial charge >= 0.3 is 21.7 Å². The van der Waals surface area contributed by atoms with E-state index < -0.39 is 39.1 Å². The van der Waals surface area contributed by atoms with Crippen LogP contribution in [-0.2, 0) is 21.3 Å². The highest BCUT2D eigenvalue weighted by molar-refractivity contribution is 7.88. The van der Waals surface area contributed by atoms with Crippen LogP contribution in [0.3, 0.4) is 0 Å². The maximum atomic E-state index is 12.3. The van der Waals surface area contributed by atoms with Crippen LogP contribution in [0.1, 0.15) is 26.3 Å². The van der Waals surface area contributed by atoms with Gasteiger partial charge in [-0.05, 0) is 38.5 Å². The lowest BCUT2D eigenvalue weighted by atomic mass is 10.1. The van der Waals surface area contributed by atoms with Gasteiger partial charge in [0.15, 0.2) is 5.84 Å². The van der Waals surface area contributed by atoms with Gasteiger partial charge in [-0.2, -0.15) is 21.6 Å². The molecule has 1 atom stereocenters. The van der Waals surface area contributed by atoms with Crippen molar-refractivity contribution in [1.29, 1.82) is 0 Å². The van der Waals surface area contributed by atoms with Crippen LogP contribution >= 0.6 is 0 Å². The number of oxime groups is 1. The van der Waals surface area contributed by atoms with Gasteiger partial charge in [0.05, 0.1) is 6.04 Å². The predicted molar refractivity (Wildman–Crippen MR) is 92.3 cm³/mol. The molecule has 0 aliphatic carbocycles. The highest BCUT2D eigenvalue weighted by Crippen LogP contribution is 2.27. The van der Waals surface area contributed by atoms with Gasteiger partial charge in [0, 0.05) is 6.42 Å². The number of nitrogens with one attached hydrogen (secondary N) is 1. The molecule has 0 saturated carbocycles. The summed E-state index contributed by atoms with van der Waals surface area (Å²) in [4.78, 5) is 11.9. The number of halogens is 3. The Morgan fingerprint density at radius 3 is 2.21 bits per heavy atom. The quantitative estimate of drug-likeness (QED) is 0.158. The smallest absolute Gasteiger partial charge is 0.444 e. The van der Waals surface area contributed by atoms with Gasteiger partial charge < -0.3 is 25.2 Å². The number of nitrogens with two attached hydrogens (primary N) is 1. The molecule has 0 aliphatic rings. The second kappa shape index (κ2) is 8.54. The lowest BCUT2D eigenvalue weighted by Gasteiger charge is -2.23. The average Bonchev–Trinajstić information content (AvgIpc) is 2.52. The first kappa shape index (κ1) is 23.3. The van der Waals surface area contributed by atoms with E-state index in [4.69, 9.17) is 15.7 Å². The zero-order valence-corrected chi connectivity index (χ0v) is 16.0. The lowest BCUT2D eigenvalue weighted by Crippen LogP contribution is -2.47. The van der Waals surface area contributed by atoms with Gasteiger partial charge in [-0.3, -0.25) is 0 Å². The van der Waals surface area contributed by atoms with Gasteiger partial charge in [-0.25, -0.2) is 4.79 Å². The number of alkyl carbamates (subject to hydrolysis) is 1. The van der Waals surface area contributed by atoms with Crippen LogP contribution < -0.4 is 15.2 Å².